The zero-order chi connectivity index (χ0) is 6.97. The fourth-order valence-corrected chi connectivity index (χ4v) is 2.00. The maximum Gasteiger partial charge on any atom is 0.0992 e. The summed E-state index contributed by atoms with van der Waals surface area (Å²) in [6.45, 7) is 0. The highest BCUT2D eigenvalue weighted by atomic mass is 32.2. The fraction of sp³-hybridized carbons (Fsp3) is 0.125. The van der Waals surface area contributed by atoms with Gasteiger partial charge in [-0.1, -0.05) is 0 Å². The lowest BCUT2D eigenvalue weighted by Crippen LogP contribution is -1.74. The molecule has 0 radical (unpaired) electrons. The number of hydrogen-bond acceptors (Lipinski definition) is 2. The molecule has 0 N–H and O–H groups in total. The fourth-order valence-electron chi connectivity index (χ4n) is 1.06. The summed E-state index contributed by atoms with van der Waals surface area (Å²) in [6, 6.07) is 8.15. The van der Waals surface area contributed by atoms with Gasteiger partial charge < -0.3 is 0 Å². The zero-order valence-electron chi connectivity index (χ0n) is 5.29. The van der Waals surface area contributed by atoms with Crippen LogP contribution < -0.4 is 0 Å². The first-order valence-electron chi connectivity index (χ1n) is 3.05. The molecule has 0 spiro atoms. The van der Waals surface area contributed by atoms with E-state index in [1.54, 1.807) is 11.8 Å². The number of thioether (sulfide) groups is 1. The zero-order valence-corrected chi connectivity index (χ0v) is 6.11. The van der Waals surface area contributed by atoms with E-state index in [0.29, 0.717) is 0 Å². The van der Waals surface area contributed by atoms with Crippen molar-refractivity contribution in [3.05, 3.63) is 29.3 Å². The van der Waals surface area contributed by atoms with Crippen LogP contribution in [0.3, 0.4) is 0 Å². The van der Waals surface area contributed by atoms with Crippen LogP contribution in [0.2, 0.25) is 0 Å². The summed E-state index contributed by atoms with van der Waals surface area (Å²) in [5, 5.41) is 8.56. The van der Waals surface area contributed by atoms with Gasteiger partial charge in [0.25, 0.3) is 0 Å². The van der Waals surface area contributed by atoms with E-state index in [1.165, 1.54) is 10.5 Å². The van der Waals surface area contributed by atoms with Gasteiger partial charge in [-0.05, 0) is 23.8 Å². The Labute approximate surface area is 63.7 Å². The maximum atomic E-state index is 8.56. The Morgan fingerprint density at radius 2 is 2.30 bits per heavy atom. The SMILES string of the molecule is N#Cc1cc2cc(c1)SC2. The molecule has 0 aromatic heterocycles. The standard InChI is InChI=1S/C8H5NS/c9-4-6-1-7-3-8(2-6)10-5-7/h1-3H,5H2. The van der Waals surface area contributed by atoms with E-state index in [2.05, 4.69) is 12.1 Å². The highest BCUT2D eigenvalue weighted by molar-refractivity contribution is 7.98. The maximum absolute atomic E-state index is 8.56. The van der Waals surface area contributed by atoms with Gasteiger partial charge in [-0.15, -0.1) is 11.8 Å². The van der Waals surface area contributed by atoms with E-state index in [9.17, 15) is 0 Å². The molecule has 1 aliphatic rings. The molecular weight excluding hydrogens is 142 g/mol. The molecule has 48 valence electrons. The van der Waals surface area contributed by atoms with Crippen molar-refractivity contribution in [3.8, 4) is 6.07 Å². The van der Waals surface area contributed by atoms with Crippen molar-refractivity contribution < 1.29 is 0 Å². The molecule has 2 bridgehead atoms. The third-order valence-electron chi connectivity index (χ3n) is 1.50. The minimum atomic E-state index is 0.789. The van der Waals surface area contributed by atoms with E-state index < -0.39 is 0 Å². The predicted octanol–water partition coefficient (Wildman–Crippen LogP) is 2.16. The average Bonchev–Trinajstić information content (AvgIpc) is 2.30. The number of nitrogens with zero attached hydrogens (tertiary/aromatic N) is 1. The van der Waals surface area contributed by atoms with Crippen molar-refractivity contribution in [1.82, 2.24) is 0 Å². The van der Waals surface area contributed by atoms with E-state index in [0.717, 1.165) is 11.3 Å². The molecule has 0 saturated carbocycles. The van der Waals surface area contributed by atoms with Crippen LogP contribution in [0, 0.1) is 11.3 Å². The summed E-state index contributed by atoms with van der Waals surface area (Å²) < 4.78 is 0. The lowest BCUT2D eigenvalue weighted by molar-refractivity contribution is 1.37. The second-order valence-corrected chi connectivity index (χ2v) is 3.31. The van der Waals surface area contributed by atoms with Crippen molar-refractivity contribution in [1.29, 1.82) is 5.26 Å². The van der Waals surface area contributed by atoms with Crippen LogP contribution in [0.15, 0.2) is 23.1 Å². The first kappa shape index (κ1) is 5.82. The van der Waals surface area contributed by atoms with E-state index >= 15 is 0 Å². The largest absolute Gasteiger partial charge is 0.192 e. The van der Waals surface area contributed by atoms with Gasteiger partial charge in [0.1, 0.15) is 0 Å². The van der Waals surface area contributed by atoms with Crippen LogP contribution >= 0.6 is 11.8 Å². The number of fused-ring (bicyclic) bond motifs is 2. The van der Waals surface area contributed by atoms with Gasteiger partial charge in [-0.3, -0.25) is 0 Å². The molecule has 2 heteroatoms. The van der Waals surface area contributed by atoms with Gasteiger partial charge in [0.15, 0.2) is 0 Å². The van der Waals surface area contributed by atoms with Crippen molar-refractivity contribution in [2.24, 2.45) is 0 Å². The summed E-state index contributed by atoms with van der Waals surface area (Å²) in [7, 11) is 0. The predicted molar refractivity (Wildman–Crippen MR) is 40.7 cm³/mol. The third kappa shape index (κ3) is 0.795. The van der Waals surface area contributed by atoms with Gasteiger partial charge in [-0.25, -0.2) is 0 Å². The molecule has 0 unspecified atom stereocenters. The minimum Gasteiger partial charge on any atom is -0.192 e. The molecule has 1 aromatic carbocycles. The monoisotopic (exact) mass is 147 g/mol. The van der Waals surface area contributed by atoms with Crippen LogP contribution in [-0.2, 0) is 5.75 Å². The Hall–Kier alpha value is -0.940. The Bertz CT molecular complexity index is 289. The molecule has 0 aliphatic carbocycles. The normalized spacial score (nSPS) is 13.1. The van der Waals surface area contributed by atoms with Gasteiger partial charge in [0, 0.05) is 10.6 Å². The summed E-state index contributed by atoms with van der Waals surface area (Å²) in [5.41, 5.74) is 2.07. The highest BCUT2D eigenvalue weighted by Crippen LogP contribution is 2.32. The lowest BCUT2D eigenvalue weighted by atomic mass is 10.2. The molecular formula is C8H5NS. The molecule has 1 heterocycles. The Morgan fingerprint density at radius 1 is 1.40 bits per heavy atom. The van der Waals surface area contributed by atoms with Gasteiger partial charge in [0.2, 0.25) is 0 Å². The number of benzene rings is 1. The lowest BCUT2D eigenvalue weighted by Gasteiger charge is -1.87. The Balaban J connectivity index is 2.61. The van der Waals surface area contributed by atoms with Crippen LogP contribution in [0.25, 0.3) is 0 Å². The number of hydrogen-bond donors (Lipinski definition) is 0. The molecule has 0 fully saturated rings. The van der Waals surface area contributed by atoms with Crippen LogP contribution in [0.4, 0.5) is 0 Å². The second-order valence-electron chi connectivity index (χ2n) is 2.27. The molecule has 2 rings (SSSR count). The summed E-state index contributed by atoms with van der Waals surface area (Å²) in [4.78, 5) is 1.23. The number of rotatable bonds is 0. The average molecular weight is 147 g/mol. The first-order valence-corrected chi connectivity index (χ1v) is 4.04. The van der Waals surface area contributed by atoms with Crippen molar-refractivity contribution in [2.75, 3.05) is 0 Å². The molecule has 0 amide bonds. The number of nitriles is 1. The quantitative estimate of drug-likeness (QED) is 0.561. The first-order chi connectivity index (χ1) is 4.88. The topological polar surface area (TPSA) is 23.8 Å². The summed E-state index contributed by atoms with van der Waals surface area (Å²) >= 11 is 1.80. The highest BCUT2D eigenvalue weighted by Gasteiger charge is 2.08. The second kappa shape index (κ2) is 2.03. The minimum absolute atomic E-state index is 0.789. The van der Waals surface area contributed by atoms with Crippen molar-refractivity contribution >= 4 is 11.8 Å². The molecule has 1 aliphatic heterocycles. The summed E-state index contributed by atoms with van der Waals surface area (Å²) in [5.74, 6) is 1.04. The van der Waals surface area contributed by atoms with Crippen LogP contribution in [0.5, 0.6) is 0 Å². The summed E-state index contributed by atoms with van der Waals surface area (Å²) in [6.07, 6.45) is 0. The smallest absolute Gasteiger partial charge is 0.0992 e. The van der Waals surface area contributed by atoms with Gasteiger partial charge >= 0.3 is 0 Å². The van der Waals surface area contributed by atoms with Crippen molar-refractivity contribution in [2.45, 2.75) is 10.6 Å². The van der Waals surface area contributed by atoms with Crippen LogP contribution in [-0.4, -0.2) is 0 Å². The van der Waals surface area contributed by atoms with Crippen LogP contribution in [0.1, 0.15) is 11.1 Å². The van der Waals surface area contributed by atoms with Gasteiger partial charge in [0.05, 0.1) is 11.6 Å². The van der Waals surface area contributed by atoms with E-state index in [-0.39, 0.29) is 0 Å². The Morgan fingerprint density at radius 3 is 3.00 bits per heavy atom. The third-order valence-corrected chi connectivity index (χ3v) is 2.55. The van der Waals surface area contributed by atoms with E-state index in [4.69, 9.17) is 5.26 Å². The molecule has 0 atom stereocenters. The molecule has 0 saturated heterocycles. The molecule has 1 nitrogen and oxygen atoms in total. The van der Waals surface area contributed by atoms with E-state index in [1.807, 2.05) is 12.1 Å². The van der Waals surface area contributed by atoms with Gasteiger partial charge in [-0.2, -0.15) is 5.26 Å². The molecule has 10 heavy (non-hydrogen) atoms. The Kier molecular flexibility index (Phi) is 1.18. The molecule has 1 aromatic rings. The van der Waals surface area contributed by atoms with Crippen molar-refractivity contribution in [3.63, 3.8) is 0 Å².